The molecular weight excluding hydrogens is 440 g/mol. The van der Waals surface area contributed by atoms with Gasteiger partial charge in [0.2, 0.25) is 5.91 Å². The number of para-hydroxylation sites is 1. The zero-order valence-electron chi connectivity index (χ0n) is 19.5. The van der Waals surface area contributed by atoms with E-state index in [0.717, 1.165) is 54.2 Å². The lowest BCUT2D eigenvalue weighted by atomic mass is 9.75. The number of carbonyl (C=O) groups is 1. The summed E-state index contributed by atoms with van der Waals surface area (Å²) in [6, 6.07) is 20.5. The van der Waals surface area contributed by atoms with Crippen molar-refractivity contribution in [2.75, 3.05) is 25.0 Å². The number of nitrogens with one attached hydrogen (secondary N) is 1. The van der Waals surface area contributed by atoms with Gasteiger partial charge in [0.05, 0.1) is 4.90 Å². The molecule has 0 bridgehead atoms. The minimum atomic E-state index is -0.0819. The molecular formula is C29H30N2O2S. The summed E-state index contributed by atoms with van der Waals surface area (Å²) in [6.45, 7) is 8.52. The molecule has 34 heavy (non-hydrogen) atoms. The van der Waals surface area contributed by atoms with Crippen molar-refractivity contribution in [3.05, 3.63) is 84.4 Å². The third-order valence-corrected chi connectivity index (χ3v) is 8.18. The normalized spacial score (nSPS) is 18.1. The fraction of sp³-hybridized carbons (Fsp3) is 0.276. The first-order valence-corrected chi connectivity index (χ1v) is 12.7. The number of aromatic hydroxyl groups is 1. The van der Waals surface area contributed by atoms with E-state index in [4.69, 9.17) is 0 Å². The number of likely N-dealkylation sites (tertiary alicyclic amines) is 1. The summed E-state index contributed by atoms with van der Waals surface area (Å²) in [5.74, 6) is 1.07. The number of amides is 1. The molecule has 0 aromatic heterocycles. The fourth-order valence-corrected chi connectivity index (χ4v) is 6.62. The SMILES string of the molecule is C=CCN1CCC(C2c3ccc(-c4ccccc4NC(C)=O)cc3Sc3c(O)cccc32)CC1. The number of benzene rings is 3. The Labute approximate surface area is 205 Å². The highest BCUT2D eigenvalue weighted by atomic mass is 32.2. The quantitative estimate of drug-likeness (QED) is 0.417. The number of nitrogens with zero attached hydrogens (tertiary/aromatic N) is 1. The van der Waals surface area contributed by atoms with Crippen LogP contribution in [0.25, 0.3) is 11.1 Å². The number of piperidine rings is 1. The van der Waals surface area contributed by atoms with Gasteiger partial charge in [0.1, 0.15) is 5.75 Å². The Bertz CT molecular complexity index is 1230. The van der Waals surface area contributed by atoms with Crippen LogP contribution in [-0.4, -0.2) is 35.5 Å². The number of phenolic OH excluding ortho intramolecular Hbond substituents is 1. The maximum atomic E-state index is 11.7. The van der Waals surface area contributed by atoms with Gasteiger partial charge in [0, 0.05) is 35.5 Å². The van der Waals surface area contributed by atoms with Crippen molar-refractivity contribution < 1.29 is 9.90 Å². The van der Waals surface area contributed by atoms with E-state index in [1.54, 1.807) is 17.8 Å². The van der Waals surface area contributed by atoms with Crippen LogP contribution in [0, 0.1) is 5.92 Å². The first-order valence-electron chi connectivity index (χ1n) is 11.9. The van der Waals surface area contributed by atoms with Gasteiger partial charge in [-0.25, -0.2) is 0 Å². The molecule has 0 saturated carbocycles. The lowest BCUT2D eigenvalue weighted by Crippen LogP contribution is -2.36. The van der Waals surface area contributed by atoms with Gasteiger partial charge in [-0.1, -0.05) is 60.3 Å². The second-order valence-electron chi connectivity index (χ2n) is 9.18. The smallest absolute Gasteiger partial charge is 0.221 e. The van der Waals surface area contributed by atoms with Crippen LogP contribution in [0.3, 0.4) is 0 Å². The van der Waals surface area contributed by atoms with Crippen LogP contribution in [0.1, 0.15) is 36.8 Å². The van der Waals surface area contributed by atoms with E-state index in [1.807, 2.05) is 36.4 Å². The molecule has 1 amide bonds. The number of carbonyl (C=O) groups excluding carboxylic acids is 1. The van der Waals surface area contributed by atoms with E-state index < -0.39 is 0 Å². The van der Waals surface area contributed by atoms with Crippen molar-refractivity contribution in [2.45, 2.75) is 35.5 Å². The van der Waals surface area contributed by atoms with Gasteiger partial charge in [-0.3, -0.25) is 9.69 Å². The van der Waals surface area contributed by atoms with Gasteiger partial charge in [0.15, 0.2) is 0 Å². The van der Waals surface area contributed by atoms with Gasteiger partial charge >= 0.3 is 0 Å². The van der Waals surface area contributed by atoms with Gasteiger partial charge in [-0.05, 0) is 66.7 Å². The van der Waals surface area contributed by atoms with E-state index in [1.165, 1.54) is 22.9 Å². The highest BCUT2D eigenvalue weighted by Gasteiger charge is 2.35. The highest BCUT2D eigenvalue weighted by Crippen LogP contribution is 2.54. The fourth-order valence-electron chi connectivity index (χ4n) is 5.42. The predicted molar refractivity (Wildman–Crippen MR) is 140 cm³/mol. The van der Waals surface area contributed by atoms with Crippen LogP contribution in [0.2, 0.25) is 0 Å². The van der Waals surface area contributed by atoms with E-state index in [-0.39, 0.29) is 11.8 Å². The number of phenols is 1. The maximum absolute atomic E-state index is 11.7. The zero-order chi connectivity index (χ0) is 23.7. The molecule has 5 heteroatoms. The second-order valence-corrected chi connectivity index (χ2v) is 10.2. The first kappa shape index (κ1) is 22.8. The second kappa shape index (κ2) is 9.69. The molecule has 3 aromatic carbocycles. The number of fused-ring (bicyclic) bond motifs is 2. The summed E-state index contributed by atoms with van der Waals surface area (Å²) in [5, 5.41) is 13.7. The van der Waals surface area contributed by atoms with Crippen molar-refractivity contribution in [3.8, 4) is 16.9 Å². The number of anilines is 1. The largest absolute Gasteiger partial charge is 0.507 e. The Hall–Kier alpha value is -3.02. The number of hydrogen-bond donors (Lipinski definition) is 2. The number of rotatable bonds is 5. The summed E-state index contributed by atoms with van der Waals surface area (Å²) in [5.41, 5.74) is 5.45. The lowest BCUT2D eigenvalue weighted by molar-refractivity contribution is -0.114. The van der Waals surface area contributed by atoms with E-state index >= 15 is 0 Å². The Morgan fingerprint density at radius 3 is 2.68 bits per heavy atom. The monoisotopic (exact) mass is 470 g/mol. The maximum Gasteiger partial charge on any atom is 0.221 e. The van der Waals surface area contributed by atoms with E-state index in [2.05, 4.69) is 41.1 Å². The van der Waals surface area contributed by atoms with Crippen molar-refractivity contribution >= 4 is 23.4 Å². The molecule has 1 fully saturated rings. The van der Waals surface area contributed by atoms with Gasteiger partial charge < -0.3 is 10.4 Å². The topological polar surface area (TPSA) is 52.6 Å². The molecule has 2 aliphatic heterocycles. The molecule has 0 radical (unpaired) electrons. The Morgan fingerprint density at radius 2 is 1.91 bits per heavy atom. The summed E-state index contributed by atoms with van der Waals surface area (Å²) in [4.78, 5) is 16.4. The third-order valence-electron chi connectivity index (χ3n) is 6.96. The molecule has 1 unspecified atom stereocenters. The van der Waals surface area contributed by atoms with Crippen LogP contribution in [0.5, 0.6) is 5.75 Å². The Balaban J connectivity index is 1.55. The van der Waals surface area contributed by atoms with Crippen LogP contribution < -0.4 is 5.32 Å². The third kappa shape index (κ3) is 4.38. The molecule has 0 aliphatic carbocycles. The molecule has 0 spiro atoms. The molecule has 2 aliphatic rings. The van der Waals surface area contributed by atoms with Crippen molar-refractivity contribution in [3.63, 3.8) is 0 Å². The zero-order valence-corrected chi connectivity index (χ0v) is 20.3. The molecule has 2 N–H and O–H groups in total. The number of hydrogen-bond acceptors (Lipinski definition) is 4. The van der Waals surface area contributed by atoms with Gasteiger partial charge in [0.25, 0.3) is 0 Å². The lowest BCUT2D eigenvalue weighted by Gasteiger charge is -2.39. The standard InChI is InChI=1S/C29H30N2O2S/c1-3-15-31-16-13-20(14-17-31)28-23-12-11-21(22-7-4-5-9-25(22)30-19(2)32)18-27(23)34-29-24(28)8-6-10-26(29)33/h3-12,18,20,28,33H,1,13-17H2,2H3,(H,30,32). The van der Waals surface area contributed by atoms with Crippen molar-refractivity contribution in [2.24, 2.45) is 5.92 Å². The summed E-state index contributed by atoms with van der Waals surface area (Å²) >= 11 is 1.65. The molecule has 174 valence electrons. The summed E-state index contributed by atoms with van der Waals surface area (Å²) in [7, 11) is 0. The average molecular weight is 471 g/mol. The van der Waals surface area contributed by atoms with Crippen molar-refractivity contribution in [1.82, 2.24) is 4.90 Å². The Morgan fingerprint density at radius 1 is 1.12 bits per heavy atom. The highest BCUT2D eigenvalue weighted by molar-refractivity contribution is 7.99. The van der Waals surface area contributed by atoms with Gasteiger partial charge in [-0.2, -0.15) is 0 Å². The minimum absolute atomic E-state index is 0.0819. The molecule has 2 heterocycles. The summed E-state index contributed by atoms with van der Waals surface area (Å²) in [6.07, 6.45) is 4.25. The molecule has 3 aromatic rings. The van der Waals surface area contributed by atoms with Crippen LogP contribution >= 0.6 is 11.8 Å². The Kier molecular flexibility index (Phi) is 6.48. The molecule has 4 nitrogen and oxygen atoms in total. The van der Waals surface area contributed by atoms with Crippen LogP contribution in [0.15, 0.2) is 83.1 Å². The molecule has 1 atom stereocenters. The molecule has 1 saturated heterocycles. The van der Waals surface area contributed by atoms with Crippen LogP contribution in [-0.2, 0) is 4.79 Å². The average Bonchev–Trinajstić information content (AvgIpc) is 2.84. The van der Waals surface area contributed by atoms with Gasteiger partial charge in [-0.15, -0.1) is 6.58 Å². The van der Waals surface area contributed by atoms with E-state index in [9.17, 15) is 9.90 Å². The first-order chi connectivity index (χ1) is 16.5. The van der Waals surface area contributed by atoms with E-state index in [0.29, 0.717) is 11.7 Å². The molecule has 5 rings (SSSR count). The minimum Gasteiger partial charge on any atom is -0.507 e. The van der Waals surface area contributed by atoms with Crippen LogP contribution in [0.4, 0.5) is 5.69 Å². The summed E-state index contributed by atoms with van der Waals surface area (Å²) < 4.78 is 0. The predicted octanol–water partition coefficient (Wildman–Crippen LogP) is 6.51. The van der Waals surface area contributed by atoms with Crippen molar-refractivity contribution in [1.29, 1.82) is 0 Å².